The van der Waals surface area contributed by atoms with Gasteiger partial charge in [-0.25, -0.2) is 9.67 Å². The molecule has 12 heteroatoms. The summed E-state index contributed by atoms with van der Waals surface area (Å²) in [6.07, 6.45) is 4.42. The Balaban J connectivity index is 1.26. The smallest absolute Gasteiger partial charge is 0.265 e. The molecule has 0 bridgehead atoms. The highest BCUT2D eigenvalue weighted by Crippen LogP contribution is 2.38. The number of carbonyl (C=O) groups is 2. The molecule has 0 aliphatic carbocycles. The van der Waals surface area contributed by atoms with Crippen molar-refractivity contribution in [2.45, 2.75) is 13.5 Å². The maximum Gasteiger partial charge on any atom is 0.265 e. The Kier molecular flexibility index (Phi) is 8.91. The van der Waals surface area contributed by atoms with Gasteiger partial charge in [0.2, 0.25) is 11.7 Å². The summed E-state index contributed by atoms with van der Waals surface area (Å²) in [5.41, 5.74) is 2.90. The maximum atomic E-state index is 13.2. The Hall–Kier alpha value is -5.23. The van der Waals surface area contributed by atoms with Crippen molar-refractivity contribution in [3.05, 3.63) is 105 Å². The molecule has 0 unspecified atom stereocenters. The van der Waals surface area contributed by atoms with Crippen molar-refractivity contribution in [1.29, 1.82) is 0 Å². The molecule has 5 aromatic rings. The first kappa shape index (κ1) is 30.2. The van der Waals surface area contributed by atoms with Gasteiger partial charge < -0.3 is 19.5 Å². The van der Waals surface area contributed by atoms with E-state index in [2.05, 4.69) is 31.3 Å². The minimum Gasteiger partial charge on any atom is -0.493 e. The second-order valence-electron chi connectivity index (χ2n) is 9.63. The monoisotopic (exact) mass is 657 g/mol. The SMILES string of the molecule is COc1cc(/C=C/C(=O)c2ccc(NC(=O)Cn3cnc4c(c(C)nn4-c4ccc(Br)cc4)c3=O)cc2)cc(OC)c1OC. The molecule has 1 N–H and O–H groups in total. The van der Waals surface area contributed by atoms with E-state index in [1.54, 1.807) is 54.1 Å². The van der Waals surface area contributed by atoms with Crippen LogP contribution in [0.5, 0.6) is 17.2 Å². The lowest BCUT2D eigenvalue weighted by molar-refractivity contribution is -0.116. The Bertz CT molecular complexity index is 1920. The number of benzene rings is 3. The summed E-state index contributed by atoms with van der Waals surface area (Å²) >= 11 is 3.41. The van der Waals surface area contributed by atoms with Gasteiger partial charge in [0.15, 0.2) is 22.9 Å². The fourth-order valence-electron chi connectivity index (χ4n) is 4.62. The molecule has 0 fully saturated rings. The Morgan fingerprint density at radius 2 is 1.61 bits per heavy atom. The topological polar surface area (TPSA) is 127 Å². The van der Waals surface area contributed by atoms with Gasteiger partial charge in [0.1, 0.15) is 18.3 Å². The van der Waals surface area contributed by atoms with E-state index in [0.29, 0.717) is 50.8 Å². The highest BCUT2D eigenvalue weighted by molar-refractivity contribution is 9.10. The number of carbonyl (C=O) groups excluding carboxylic acids is 2. The minimum atomic E-state index is -0.424. The summed E-state index contributed by atoms with van der Waals surface area (Å²) in [5.74, 6) is 0.751. The molecule has 0 aliphatic rings. The number of aryl methyl sites for hydroxylation is 1. The van der Waals surface area contributed by atoms with E-state index in [-0.39, 0.29) is 17.9 Å². The Morgan fingerprint density at radius 3 is 2.23 bits per heavy atom. The van der Waals surface area contributed by atoms with E-state index in [4.69, 9.17) is 14.2 Å². The van der Waals surface area contributed by atoms with E-state index < -0.39 is 5.91 Å². The third-order valence-corrected chi connectivity index (χ3v) is 7.31. The van der Waals surface area contributed by atoms with Gasteiger partial charge in [-0.3, -0.25) is 19.0 Å². The van der Waals surface area contributed by atoms with Crippen LogP contribution in [0.15, 0.2) is 82.3 Å². The number of nitrogens with one attached hydrogen (secondary N) is 1. The number of nitrogens with zero attached hydrogens (tertiary/aromatic N) is 4. The molecule has 5 rings (SSSR count). The zero-order valence-electron chi connectivity index (χ0n) is 24.3. The number of ether oxygens (including phenoxy) is 3. The number of methoxy groups -OCH3 is 3. The van der Waals surface area contributed by atoms with Crippen LogP contribution >= 0.6 is 15.9 Å². The number of aromatic nitrogens is 4. The van der Waals surface area contributed by atoms with Crippen molar-refractivity contribution in [2.24, 2.45) is 0 Å². The van der Waals surface area contributed by atoms with Gasteiger partial charge in [-0.1, -0.05) is 22.0 Å². The average molecular weight is 659 g/mol. The molecule has 11 nitrogen and oxygen atoms in total. The summed E-state index contributed by atoms with van der Waals surface area (Å²) in [4.78, 5) is 43.3. The lowest BCUT2D eigenvalue weighted by atomic mass is 10.1. The Morgan fingerprint density at radius 1 is 0.955 bits per heavy atom. The summed E-state index contributed by atoms with van der Waals surface area (Å²) in [7, 11) is 4.56. The van der Waals surface area contributed by atoms with E-state index in [1.807, 2.05) is 24.3 Å². The molecule has 2 heterocycles. The third kappa shape index (κ3) is 6.25. The predicted octanol–water partition coefficient (Wildman–Crippen LogP) is 5.21. The number of halogens is 1. The first-order valence-electron chi connectivity index (χ1n) is 13.4. The third-order valence-electron chi connectivity index (χ3n) is 6.78. The van der Waals surface area contributed by atoms with Gasteiger partial charge in [0.25, 0.3) is 5.56 Å². The highest BCUT2D eigenvalue weighted by Gasteiger charge is 2.17. The van der Waals surface area contributed by atoms with E-state index in [9.17, 15) is 14.4 Å². The highest BCUT2D eigenvalue weighted by atomic mass is 79.9. The van der Waals surface area contributed by atoms with Crippen LogP contribution in [0.1, 0.15) is 21.6 Å². The van der Waals surface area contributed by atoms with Crippen molar-refractivity contribution in [3.63, 3.8) is 0 Å². The number of rotatable bonds is 10. The predicted molar refractivity (Wildman–Crippen MR) is 170 cm³/mol. The molecule has 0 atom stereocenters. The van der Waals surface area contributed by atoms with Gasteiger partial charge in [0, 0.05) is 15.7 Å². The molecule has 0 aliphatic heterocycles. The van der Waals surface area contributed by atoms with Crippen molar-refractivity contribution in [3.8, 4) is 22.9 Å². The summed E-state index contributed by atoms with van der Waals surface area (Å²) in [6.45, 7) is 1.48. The maximum absolute atomic E-state index is 13.2. The van der Waals surface area contributed by atoms with Gasteiger partial charge in [-0.05, 0) is 79.2 Å². The molecule has 3 aromatic carbocycles. The lowest BCUT2D eigenvalue weighted by Gasteiger charge is -2.12. The molecule has 44 heavy (non-hydrogen) atoms. The number of hydrogen-bond acceptors (Lipinski definition) is 8. The van der Waals surface area contributed by atoms with E-state index in [1.165, 1.54) is 38.3 Å². The van der Waals surface area contributed by atoms with Crippen LogP contribution < -0.4 is 25.1 Å². The first-order chi connectivity index (χ1) is 21.2. The van der Waals surface area contributed by atoms with Crippen LogP contribution in [0, 0.1) is 6.92 Å². The fourth-order valence-corrected chi connectivity index (χ4v) is 4.88. The summed E-state index contributed by atoms with van der Waals surface area (Å²) < 4.78 is 19.8. The van der Waals surface area contributed by atoms with E-state index >= 15 is 0 Å². The first-order valence-corrected chi connectivity index (χ1v) is 14.1. The Labute approximate surface area is 260 Å². The van der Waals surface area contributed by atoms with Crippen molar-refractivity contribution in [1.82, 2.24) is 19.3 Å². The van der Waals surface area contributed by atoms with E-state index in [0.717, 1.165) is 10.2 Å². The summed E-state index contributed by atoms with van der Waals surface area (Å²) in [6, 6.07) is 17.4. The molecular weight excluding hydrogens is 630 g/mol. The fraction of sp³-hybridized carbons (Fsp3) is 0.156. The van der Waals surface area contributed by atoms with Crippen molar-refractivity contribution >= 4 is 50.4 Å². The van der Waals surface area contributed by atoms with Crippen molar-refractivity contribution < 1.29 is 23.8 Å². The molecule has 0 saturated heterocycles. The number of amides is 1. The van der Waals surface area contributed by atoms with Crippen molar-refractivity contribution in [2.75, 3.05) is 26.6 Å². The van der Waals surface area contributed by atoms with Crippen LogP contribution in [0.3, 0.4) is 0 Å². The van der Waals surface area contributed by atoms with Gasteiger partial charge in [-0.15, -0.1) is 0 Å². The number of anilines is 1. The van der Waals surface area contributed by atoms with Crippen LogP contribution in [-0.2, 0) is 11.3 Å². The second-order valence-corrected chi connectivity index (χ2v) is 10.5. The molecule has 0 radical (unpaired) electrons. The van der Waals surface area contributed by atoms with Gasteiger partial charge in [-0.2, -0.15) is 5.10 Å². The van der Waals surface area contributed by atoms with Gasteiger partial charge >= 0.3 is 0 Å². The van der Waals surface area contributed by atoms with Crippen LogP contribution in [0.25, 0.3) is 22.8 Å². The summed E-state index contributed by atoms with van der Waals surface area (Å²) in [5, 5.41) is 7.58. The standard InChI is InChI=1S/C32H28BrN5O6/c1-19-29-31(38(36-19)24-12-8-22(33)9-13-24)34-18-37(32(29)41)17-28(40)35-23-10-6-21(7-11-23)25(39)14-5-20-15-26(42-2)30(44-4)27(16-20)43-3/h5-16,18H,17H2,1-4H3,(H,35,40)/b14-5+. The number of fused-ring (bicyclic) bond motifs is 1. The van der Waals surface area contributed by atoms with Gasteiger partial charge in [0.05, 0.1) is 32.7 Å². The number of allylic oxidation sites excluding steroid dienone is 1. The molecule has 2 aromatic heterocycles. The van der Waals surface area contributed by atoms with Crippen LogP contribution in [-0.4, -0.2) is 52.4 Å². The largest absolute Gasteiger partial charge is 0.493 e. The average Bonchev–Trinajstić information content (AvgIpc) is 3.37. The number of hydrogen-bond donors (Lipinski definition) is 1. The minimum absolute atomic E-state index is 0.235. The molecule has 0 spiro atoms. The zero-order chi connectivity index (χ0) is 31.4. The van der Waals surface area contributed by atoms with Crippen LogP contribution in [0.4, 0.5) is 5.69 Å². The zero-order valence-corrected chi connectivity index (χ0v) is 25.9. The van der Waals surface area contributed by atoms with Crippen LogP contribution in [0.2, 0.25) is 0 Å². The quantitative estimate of drug-likeness (QED) is 0.160. The lowest BCUT2D eigenvalue weighted by Crippen LogP contribution is -2.28. The normalized spacial score (nSPS) is 11.1. The molecule has 1 amide bonds. The molecular formula is C32H28BrN5O6. The molecule has 0 saturated carbocycles. The second kappa shape index (κ2) is 13.0. The molecule has 224 valence electrons. The number of ketones is 1.